The molecule has 3 heterocycles. The van der Waals surface area contributed by atoms with Crippen LogP contribution in [0.4, 0.5) is 0 Å². The van der Waals surface area contributed by atoms with E-state index in [2.05, 4.69) is 21.4 Å². The van der Waals surface area contributed by atoms with Gasteiger partial charge in [-0.05, 0) is 55.2 Å². The number of thiophene rings is 1. The van der Waals surface area contributed by atoms with E-state index in [1.54, 1.807) is 24.1 Å². The van der Waals surface area contributed by atoms with E-state index in [0.29, 0.717) is 34.8 Å². The van der Waals surface area contributed by atoms with E-state index >= 15 is 0 Å². The Bertz CT molecular complexity index is 1370. The average molecular weight is 476 g/mol. The molecule has 0 saturated heterocycles. The van der Waals surface area contributed by atoms with Crippen LogP contribution in [0, 0.1) is 11.8 Å². The normalized spacial score (nSPS) is 16.2. The van der Waals surface area contributed by atoms with Crippen LogP contribution in [0.2, 0.25) is 0 Å². The van der Waals surface area contributed by atoms with Crippen LogP contribution in [0.5, 0.6) is 5.88 Å². The van der Waals surface area contributed by atoms with Crippen molar-refractivity contribution in [2.45, 2.75) is 37.8 Å². The van der Waals surface area contributed by atoms with Gasteiger partial charge >= 0.3 is 0 Å². The van der Waals surface area contributed by atoms with E-state index in [9.17, 15) is 9.90 Å². The van der Waals surface area contributed by atoms with Gasteiger partial charge in [-0.3, -0.25) is 4.79 Å². The number of fused-ring (bicyclic) bond motifs is 1. The quantitative estimate of drug-likeness (QED) is 0.401. The van der Waals surface area contributed by atoms with Crippen LogP contribution in [-0.2, 0) is 12.1 Å². The molecule has 0 atom stereocenters. The number of primary amides is 1. The Labute approximate surface area is 200 Å². The van der Waals surface area contributed by atoms with E-state index in [4.69, 9.17) is 10.5 Å². The summed E-state index contributed by atoms with van der Waals surface area (Å²) < 4.78 is 7.89. The minimum absolute atomic E-state index is 0.311. The first-order chi connectivity index (χ1) is 16.5. The number of nitrogens with zero attached hydrogens (tertiary/aromatic N) is 4. The molecule has 174 valence electrons. The van der Waals surface area contributed by atoms with Gasteiger partial charge in [0.15, 0.2) is 0 Å². The van der Waals surface area contributed by atoms with Gasteiger partial charge in [-0.1, -0.05) is 17.3 Å². The van der Waals surface area contributed by atoms with Crippen molar-refractivity contribution in [2.75, 3.05) is 7.11 Å². The molecule has 0 bridgehead atoms. The lowest BCUT2D eigenvalue weighted by molar-refractivity contribution is -0.0144. The Balaban J connectivity index is 1.32. The van der Waals surface area contributed by atoms with Crippen molar-refractivity contribution in [3.63, 3.8) is 0 Å². The van der Waals surface area contributed by atoms with Crippen LogP contribution >= 0.6 is 11.3 Å². The first-order valence-electron chi connectivity index (χ1n) is 11.5. The molecule has 2 aliphatic rings. The summed E-state index contributed by atoms with van der Waals surface area (Å²) >= 11 is 1.38. The third-order valence-electron chi connectivity index (χ3n) is 6.91. The van der Waals surface area contributed by atoms with Crippen LogP contribution in [0.1, 0.15) is 46.6 Å². The monoisotopic (exact) mass is 475 g/mol. The smallest absolute Gasteiger partial charge is 0.259 e. The number of methoxy groups -OCH3 is 1. The molecule has 9 heteroatoms. The summed E-state index contributed by atoms with van der Waals surface area (Å²) in [6.07, 6.45) is 7.82. The summed E-state index contributed by atoms with van der Waals surface area (Å²) in [6.45, 7) is 0.525. The van der Waals surface area contributed by atoms with E-state index in [0.717, 1.165) is 52.5 Å². The number of ether oxygens (including phenoxy) is 1. The molecule has 8 nitrogen and oxygen atoms in total. The first kappa shape index (κ1) is 21.2. The molecular formula is C25H25N5O3S. The Morgan fingerprint density at radius 1 is 1.24 bits per heavy atom. The number of aliphatic hydroxyl groups is 1. The predicted molar refractivity (Wildman–Crippen MR) is 129 cm³/mol. The number of carbonyl (C=O) groups is 1. The van der Waals surface area contributed by atoms with E-state index in [-0.39, 0.29) is 0 Å². The number of rotatable bonds is 8. The van der Waals surface area contributed by atoms with Gasteiger partial charge in [0, 0.05) is 33.5 Å². The summed E-state index contributed by atoms with van der Waals surface area (Å²) in [5.74, 6) is 0.666. The van der Waals surface area contributed by atoms with Crippen molar-refractivity contribution >= 4 is 27.3 Å². The lowest BCUT2D eigenvalue weighted by Crippen LogP contribution is -2.31. The van der Waals surface area contributed by atoms with Gasteiger partial charge in [0.05, 0.1) is 19.9 Å². The lowest BCUT2D eigenvalue weighted by atomic mass is 9.89. The van der Waals surface area contributed by atoms with Gasteiger partial charge in [-0.2, -0.15) is 0 Å². The second kappa shape index (κ2) is 7.89. The Morgan fingerprint density at radius 3 is 2.62 bits per heavy atom. The molecule has 3 aromatic heterocycles. The Kier molecular flexibility index (Phi) is 4.93. The van der Waals surface area contributed by atoms with Crippen molar-refractivity contribution in [3.8, 4) is 17.0 Å². The second-order valence-electron chi connectivity index (χ2n) is 9.27. The molecule has 3 N–H and O–H groups in total. The molecule has 2 aliphatic carbocycles. The van der Waals surface area contributed by atoms with E-state index < -0.39 is 11.5 Å². The third kappa shape index (κ3) is 3.56. The number of nitrogens with two attached hydrogens (primary N) is 1. The highest BCUT2D eigenvalue weighted by molar-refractivity contribution is 7.21. The summed E-state index contributed by atoms with van der Waals surface area (Å²) in [5.41, 5.74) is 8.22. The minimum atomic E-state index is -0.826. The molecule has 1 aromatic carbocycles. The largest absolute Gasteiger partial charge is 0.481 e. The van der Waals surface area contributed by atoms with Crippen molar-refractivity contribution in [1.29, 1.82) is 0 Å². The number of hydrogen-bond acceptors (Lipinski definition) is 7. The van der Waals surface area contributed by atoms with Crippen LogP contribution in [0.3, 0.4) is 0 Å². The van der Waals surface area contributed by atoms with Gasteiger partial charge in [-0.25, -0.2) is 9.67 Å². The highest BCUT2D eigenvalue weighted by Crippen LogP contribution is 2.56. The lowest BCUT2D eigenvalue weighted by Gasteiger charge is -2.25. The molecular weight excluding hydrogens is 450 g/mol. The zero-order chi connectivity index (χ0) is 23.4. The van der Waals surface area contributed by atoms with Gasteiger partial charge in [0.25, 0.3) is 5.91 Å². The fraction of sp³-hybridized carbons (Fsp3) is 0.360. The van der Waals surface area contributed by atoms with E-state index in [1.165, 1.54) is 11.3 Å². The van der Waals surface area contributed by atoms with Crippen LogP contribution in [-0.4, -0.2) is 38.1 Å². The van der Waals surface area contributed by atoms with Gasteiger partial charge < -0.3 is 15.6 Å². The fourth-order valence-corrected chi connectivity index (χ4v) is 6.03. The number of pyridine rings is 1. The second-order valence-corrected chi connectivity index (χ2v) is 10.3. The summed E-state index contributed by atoms with van der Waals surface area (Å²) in [7, 11) is 1.56. The van der Waals surface area contributed by atoms with Crippen LogP contribution in [0.15, 0.2) is 42.7 Å². The zero-order valence-electron chi connectivity index (χ0n) is 18.8. The number of amides is 1. The topological polar surface area (TPSA) is 116 Å². The standard InChI is InChI=1S/C25H25N5O3S/c1-33-21-9-3-15(11-27-21)22-18-8-2-14(10-19(18)34-23(22)24(26)31)12-30-13-20(28-29-30)25(32,16-4-5-16)17-6-7-17/h2-3,8-11,13,16-17,32H,4-7,12H2,1H3,(H2,26,31). The summed E-state index contributed by atoms with van der Waals surface area (Å²) in [4.78, 5) is 17.0. The van der Waals surface area contributed by atoms with Crippen molar-refractivity contribution < 1.29 is 14.6 Å². The molecule has 0 unspecified atom stereocenters. The van der Waals surface area contributed by atoms with Crippen molar-refractivity contribution in [3.05, 3.63) is 58.9 Å². The molecule has 6 rings (SSSR count). The van der Waals surface area contributed by atoms with Crippen molar-refractivity contribution in [1.82, 2.24) is 20.0 Å². The zero-order valence-corrected chi connectivity index (χ0v) is 19.6. The molecule has 34 heavy (non-hydrogen) atoms. The summed E-state index contributed by atoms with van der Waals surface area (Å²) in [6, 6.07) is 9.74. The Hall–Kier alpha value is -3.30. The summed E-state index contributed by atoms with van der Waals surface area (Å²) in [5, 5.41) is 20.9. The molecule has 0 aliphatic heterocycles. The molecule has 1 amide bonds. The van der Waals surface area contributed by atoms with Gasteiger partial charge in [0.1, 0.15) is 16.2 Å². The van der Waals surface area contributed by atoms with E-state index in [1.807, 2.05) is 24.4 Å². The highest BCUT2D eigenvalue weighted by Gasteiger charge is 2.55. The van der Waals surface area contributed by atoms with Crippen LogP contribution < -0.4 is 10.5 Å². The fourth-order valence-electron chi connectivity index (χ4n) is 4.89. The number of aromatic nitrogens is 4. The first-order valence-corrected chi connectivity index (χ1v) is 12.3. The van der Waals surface area contributed by atoms with Crippen LogP contribution in [0.25, 0.3) is 21.2 Å². The SMILES string of the molecule is COc1ccc(-c2c(C(N)=O)sc3cc(Cn4cc(C(O)(C5CC5)C5CC5)nn4)ccc23)cn1. The number of carbonyl (C=O) groups excluding carboxylic acids is 1. The Morgan fingerprint density at radius 2 is 2.00 bits per heavy atom. The molecule has 2 saturated carbocycles. The predicted octanol–water partition coefficient (Wildman–Crippen LogP) is 3.72. The molecule has 0 spiro atoms. The van der Waals surface area contributed by atoms with Gasteiger partial charge in [0.2, 0.25) is 5.88 Å². The number of benzene rings is 1. The molecule has 4 aromatic rings. The maximum absolute atomic E-state index is 12.2. The maximum atomic E-state index is 12.2. The minimum Gasteiger partial charge on any atom is -0.481 e. The van der Waals surface area contributed by atoms with Crippen molar-refractivity contribution in [2.24, 2.45) is 17.6 Å². The highest BCUT2D eigenvalue weighted by atomic mass is 32.1. The third-order valence-corrected chi connectivity index (χ3v) is 8.07. The maximum Gasteiger partial charge on any atom is 0.259 e. The molecule has 0 radical (unpaired) electrons. The van der Waals surface area contributed by atoms with Gasteiger partial charge in [-0.15, -0.1) is 16.4 Å². The average Bonchev–Trinajstić information content (AvgIpc) is 3.78. The number of hydrogen-bond donors (Lipinski definition) is 2. The molecule has 2 fully saturated rings.